The smallest absolute Gasteiger partial charge is 0.407 e. The van der Waals surface area contributed by atoms with Gasteiger partial charge >= 0.3 is 6.09 Å². The molecule has 0 saturated heterocycles. The molecule has 0 fully saturated rings. The zero-order valence-corrected chi connectivity index (χ0v) is 12.4. The van der Waals surface area contributed by atoms with Gasteiger partial charge in [-0.15, -0.1) is 11.3 Å². The van der Waals surface area contributed by atoms with Crippen LogP contribution >= 0.6 is 27.3 Å². The summed E-state index contributed by atoms with van der Waals surface area (Å²) in [5, 5.41) is 4.46. The number of carbonyl (C=O) groups is 1. The fourth-order valence-electron chi connectivity index (χ4n) is 1.05. The number of alkyl carbamates (subject to hydrolysis) is 1. The molecule has 96 valence electrons. The standard InChI is InChI=1S/C10H16BrN3O2S/c1-10(2,3)16-9(15)13-4-6(12)7-5-17-8(11)14-7/h5-6H,4,12H2,1-3H3,(H,13,15). The van der Waals surface area contributed by atoms with Crippen LogP contribution < -0.4 is 11.1 Å². The Kier molecular flexibility index (Phi) is 4.91. The van der Waals surface area contributed by atoms with E-state index < -0.39 is 11.7 Å². The quantitative estimate of drug-likeness (QED) is 0.896. The second kappa shape index (κ2) is 5.79. The van der Waals surface area contributed by atoms with Crippen molar-refractivity contribution in [1.29, 1.82) is 0 Å². The first-order chi connectivity index (χ1) is 7.78. The molecule has 3 N–H and O–H groups in total. The largest absolute Gasteiger partial charge is 0.444 e. The van der Waals surface area contributed by atoms with Gasteiger partial charge in [-0.3, -0.25) is 0 Å². The summed E-state index contributed by atoms with van der Waals surface area (Å²) >= 11 is 4.72. The Balaban J connectivity index is 2.38. The van der Waals surface area contributed by atoms with Gasteiger partial charge in [-0.25, -0.2) is 9.78 Å². The maximum absolute atomic E-state index is 11.4. The van der Waals surface area contributed by atoms with Crippen molar-refractivity contribution in [3.8, 4) is 0 Å². The highest BCUT2D eigenvalue weighted by Gasteiger charge is 2.17. The van der Waals surface area contributed by atoms with Crippen LogP contribution in [0.15, 0.2) is 9.30 Å². The first-order valence-corrected chi connectivity index (χ1v) is 6.78. The first-order valence-electron chi connectivity index (χ1n) is 5.11. The van der Waals surface area contributed by atoms with Crippen molar-refractivity contribution in [2.45, 2.75) is 32.4 Å². The molecule has 0 saturated carbocycles. The number of nitrogens with zero attached hydrogens (tertiary/aromatic N) is 1. The molecule has 17 heavy (non-hydrogen) atoms. The molecule has 0 aromatic carbocycles. The third-order valence-corrected chi connectivity index (χ3v) is 3.12. The zero-order valence-electron chi connectivity index (χ0n) is 9.99. The lowest BCUT2D eigenvalue weighted by Crippen LogP contribution is -2.36. The van der Waals surface area contributed by atoms with E-state index in [1.165, 1.54) is 11.3 Å². The minimum atomic E-state index is -0.502. The summed E-state index contributed by atoms with van der Waals surface area (Å²) in [6, 6.07) is -0.329. The van der Waals surface area contributed by atoms with Crippen LogP contribution in [0, 0.1) is 0 Å². The SMILES string of the molecule is CC(C)(C)OC(=O)NCC(N)c1csc(Br)n1. The molecule has 0 aliphatic heterocycles. The highest BCUT2D eigenvalue weighted by Crippen LogP contribution is 2.19. The molecule has 0 aliphatic carbocycles. The molecule has 0 aliphatic rings. The molecule has 0 bridgehead atoms. The van der Waals surface area contributed by atoms with Gasteiger partial charge in [0.25, 0.3) is 0 Å². The molecule has 5 nitrogen and oxygen atoms in total. The Morgan fingerprint density at radius 3 is 2.82 bits per heavy atom. The molecule has 7 heteroatoms. The van der Waals surface area contributed by atoms with Gasteiger partial charge < -0.3 is 15.8 Å². The van der Waals surface area contributed by atoms with E-state index in [2.05, 4.69) is 26.2 Å². The van der Waals surface area contributed by atoms with Gasteiger partial charge in [-0.05, 0) is 36.7 Å². The van der Waals surface area contributed by atoms with Crippen LogP contribution in [-0.4, -0.2) is 23.2 Å². The van der Waals surface area contributed by atoms with Gasteiger partial charge in [0.1, 0.15) is 5.60 Å². The number of halogens is 1. The predicted molar refractivity (Wildman–Crippen MR) is 71.0 cm³/mol. The molecule has 1 aromatic heterocycles. The monoisotopic (exact) mass is 321 g/mol. The van der Waals surface area contributed by atoms with Crippen molar-refractivity contribution in [2.75, 3.05) is 6.54 Å². The van der Waals surface area contributed by atoms with Gasteiger partial charge in [0.15, 0.2) is 3.92 Å². The van der Waals surface area contributed by atoms with E-state index in [1.54, 1.807) is 0 Å². The van der Waals surface area contributed by atoms with Crippen LogP contribution in [0.1, 0.15) is 32.5 Å². The maximum Gasteiger partial charge on any atom is 0.407 e. The van der Waals surface area contributed by atoms with Crippen LogP contribution in [0.25, 0.3) is 0 Å². The Labute approximate surface area is 113 Å². The summed E-state index contributed by atoms with van der Waals surface area (Å²) in [6.07, 6.45) is -0.470. The predicted octanol–water partition coefficient (Wildman–Crippen LogP) is 2.43. The molecule has 1 amide bonds. The van der Waals surface area contributed by atoms with E-state index in [9.17, 15) is 4.79 Å². The Bertz CT molecular complexity index is 389. The van der Waals surface area contributed by atoms with E-state index in [4.69, 9.17) is 10.5 Å². The number of ether oxygens (including phenoxy) is 1. The fourth-order valence-corrected chi connectivity index (χ4v) is 2.13. The van der Waals surface area contributed by atoms with Gasteiger partial charge in [0.2, 0.25) is 0 Å². The summed E-state index contributed by atoms with van der Waals surface area (Å²) in [5.74, 6) is 0. The zero-order chi connectivity index (χ0) is 13.1. The number of rotatable bonds is 3. The topological polar surface area (TPSA) is 77.2 Å². The number of nitrogens with two attached hydrogens (primary N) is 1. The summed E-state index contributed by atoms with van der Waals surface area (Å²) in [4.78, 5) is 15.6. The second-order valence-corrected chi connectivity index (χ2v) is 6.65. The third kappa shape index (κ3) is 5.47. The summed E-state index contributed by atoms with van der Waals surface area (Å²) in [5.41, 5.74) is 6.12. The maximum atomic E-state index is 11.4. The molecule has 0 spiro atoms. The molecule has 1 heterocycles. The van der Waals surface area contributed by atoms with Gasteiger partial charge in [-0.2, -0.15) is 0 Å². The van der Waals surface area contributed by atoms with E-state index >= 15 is 0 Å². The average Bonchev–Trinajstić information content (AvgIpc) is 2.58. The number of carbonyl (C=O) groups excluding carboxylic acids is 1. The minimum Gasteiger partial charge on any atom is -0.444 e. The number of hydrogen-bond donors (Lipinski definition) is 2. The normalized spacial score (nSPS) is 13.2. The van der Waals surface area contributed by atoms with Crippen molar-refractivity contribution in [3.05, 3.63) is 15.0 Å². The highest BCUT2D eigenvalue weighted by molar-refractivity contribution is 9.11. The number of nitrogens with one attached hydrogen (secondary N) is 1. The van der Waals surface area contributed by atoms with Crippen molar-refractivity contribution < 1.29 is 9.53 Å². The van der Waals surface area contributed by atoms with Crippen molar-refractivity contribution in [1.82, 2.24) is 10.3 Å². The Morgan fingerprint density at radius 2 is 2.35 bits per heavy atom. The molecule has 1 atom stereocenters. The Morgan fingerprint density at radius 1 is 1.71 bits per heavy atom. The number of hydrogen-bond acceptors (Lipinski definition) is 5. The fraction of sp³-hybridized carbons (Fsp3) is 0.600. The number of amides is 1. The Hall–Kier alpha value is -0.660. The lowest BCUT2D eigenvalue weighted by atomic mass is 10.2. The lowest BCUT2D eigenvalue weighted by Gasteiger charge is -2.20. The van der Waals surface area contributed by atoms with Crippen LogP contribution in [0.3, 0.4) is 0 Å². The summed E-state index contributed by atoms with van der Waals surface area (Å²) in [6.45, 7) is 5.73. The minimum absolute atomic E-state index is 0.297. The van der Waals surface area contributed by atoms with Gasteiger partial charge in [0, 0.05) is 11.9 Å². The van der Waals surface area contributed by atoms with Crippen molar-refractivity contribution in [3.63, 3.8) is 0 Å². The number of aromatic nitrogens is 1. The van der Waals surface area contributed by atoms with Gasteiger partial charge in [0.05, 0.1) is 11.7 Å². The van der Waals surface area contributed by atoms with Crippen LogP contribution in [-0.2, 0) is 4.74 Å². The van der Waals surface area contributed by atoms with Crippen LogP contribution in [0.4, 0.5) is 4.79 Å². The van der Waals surface area contributed by atoms with E-state index in [1.807, 2.05) is 26.2 Å². The van der Waals surface area contributed by atoms with E-state index in [0.717, 1.165) is 9.61 Å². The summed E-state index contributed by atoms with van der Waals surface area (Å²) < 4.78 is 5.87. The van der Waals surface area contributed by atoms with Crippen molar-refractivity contribution >= 4 is 33.4 Å². The van der Waals surface area contributed by atoms with E-state index in [-0.39, 0.29) is 6.04 Å². The first kappa shape index (κ1) is 14.4. The van der Waals surface area contributed by atoms with Gasteiger partial charge in [-0.1, -0.05) is 0 Å². The lowest BCUT2D eigenvalue weighted by molar-refractivity contribution is 0.0524. The van der Waals surface area contributed by atoms with Crippen LogP contribution in [0.2, 0.25) is 0 Å². The molecule has 1 unspecified atom stereocenters. The van der Waals surface area contributed by atoms with E-state index in [0.29, 0.717) is 6.54 Å². The average molecular weight is 322 g/mol. The molecule has 0 radical (unpaired) electrons. The molecule has 1 rings (SSSR count). The number of thiazole rings is 1. The molecular weight excluding hydrogens is 306 g/mol. The second-order valence-electron chi connectivity index (χ2n) is 4.51. The third-order valence-electron chi connectivity index (χ3n) is 1.74. The summed E-state index contributed by atoms with van der Waals surface area (Å²) in [7, 11) is 0. The highest BCUT2D eigenvalue weighted by atomic mass is 79.9. The molecular formula is C10H16BrN3O2S. The molecule has 1 aromatic rings. The van der Waals surface area contributed by atoms with Crippen LogP contribution in [0.5, 0.6) is 0 Å². The van der Waals surface area contributed by atoms with Crippen molar-refractivity contribution in [2.24, 2.45) is 5.73 Å².